The maximum atomic E-state index is 11.7. The summed E-state index contributed by atoms with van der Waals surface area (Å²) in [6.07, 6.45) is 2.35. The van der Waals surface area contributed by atoms with Crippen LogP contribution in [0.2, 0.25) is 0 Å². The molecule has 0 radical (unpaired) electrons. The topological polar surface area (TPSA) is 77.8 Å². The lowest BCUT2D eigenvalue weighted by Crippen LogP contribution is -2.35. The molecule has 0 aliphatic rings. The molecular weight excluding hydrogens is 250 g/mol. The number of rotatable bonds is 4. The van der Waals surface area contributed by atoms with Crippen molar-refractivity contribution in [1.29, 1.82) is 0 Å². The molecule has 0 saturated heterocycles. The number of hydrogen-bond acceptors (Lipinski definition) is 5. The largest absolute Gasteiger partial charge is 0.472 e. The van der Waals surface area contributed by atoms with E-state index in [9.17, 15) is 9.59 Å². The van der Waals surface area contributed by atoms with Crippen LogP contribution in [0, 0.1) is 0 Å². The van der Waals surface area contributed by atoms with Crippen molar-refractivity contribution in [3.8, 4) is 0 Å². The Balaban J connectivity index is 2.70. The Hall–Kier alpha value is -1.98. The van der Waals surface area contributed by atoms with Gasteiger partial charge in [-0.2, -0.15) is 0 Å². The Morgan fingerprint density at radius 1 is 1.42 bits per heavy atom. The maximum Gasteiger partial charge on any atom is 0.408 e. The molecule has 1 N–H and O–H groups in total. The number of carbonyl (C=O) groups excluding carboxylic acids is 2. The van der Waals surface area contributed by atoms with Crippen LogP contribution >= 0.6 is 0 Å². The lowest BCUT2D eigenvalue weighted by Gasteiger charge is -2.22. The SMILES string of the molecule is COC(=O)CC(NC(=O)OC(C)(C)C)c1ccoc1. The molecule has 0 fully saturated rings. The second kappa shape index (κ2) is 6.26. The number of esters is 1. The second-order valence-corrected chi connectivity index (χ2v) is 5.04. The monoisotopic (exact) mass is 269 g/mol. The standard InChI is InChI=1S/C13H19NO5/c1-13(2,3)19-12(16)14-10(7-11(15)17-4)9-5-6-18-8-9/h5-6,8,10H,7H2,1-4H3,(H,14,16). The predicted molar refractivity (Wildman–Crippen MR) is 67.5 cm³/mol. The number of amides is 1. The third kappa shape index (κ3) is 5.46. The van der Waals surface area contributed by atoms with Gasteiger partial charge in [-0.15, -0.1) is 0 Å². The summed E-state index contributed by atoms with van der Waals surface area (Å²) in [5.74, 6) is -0.428. The number of ether oxygens (including phenoxy) is 2. The van der Waals surface area contributed by atoms with Crippen LogP contribution in [0.3, 0.4) is 0 Å². The van der Waals surface area contributed by atoms with E-state index < -0.39 is 23.7 Å². The summed E-state index contributed by atoms with van der Waals surface area (Å²) in [4.78, 5) is 23.1. The van der Waals surface area contributed by atoms with E-state index in [4.69, 9.17) is 9.15 Å². The van der Waals surface area contributed by atoms with Crippen LogP contribution in [0.4, 0.5) is 4.79 Å². The van der Waals surface area contributed by atoms with Crippen molar-refractivity contribution < 1.29 is 23.5 Å². The third-order valence-corrected chi connectivity index (χ3v) is 2.23. The summed E-state index contributed by atoms with van der Waals surface area (Å²) >= 11 is 0. The van der Waals surface area contributed by atoms with E-state index in [-0.39, 0.29) is 6.42 Å². The second-order valence-electron chi connectivity index (χ2n) is 5.04. The fourth-order valence-electron chi connectivity index (χ4n) is 1.43. The van der Waals surface area contributed by atoms with Crippen LogP contribution < -0.4 is 5.32 Å². The first kappa shape index (κ1) is 15.1. The van der Waals surface area contributed by atoms with Gasteiger partial charge in [-0.05, 0) is 26.8 Å². The molecule has 1 unspecified atom stereocenters. The first-order valence-electron chi connectivity index (χ1n) is 5.90. The molecule has 0 aromatic carbocycles. The smallest absolute Gasteiger partial charge is 0.408 e. The number of nitrogens with one attached hydrogen (secondary N) is 1. The van der Waals surface area contributed by atoms with Crippen LogP contribution in [-0.4, -0.2) is 24.8 Å². The van der Waals surface area contributed by atoms with Gasteiger partial charge in [0.25, 0.3) is 0 Å². The number of furan rings is 1. The lowest BCUT2D eigenvalue weighted by atomic mass is 10.1. The van der Waals surface area contributed by atoms with Crippen molar-refractivity contribution in [3.63, 3.8) is 0 Å². The van der Waals surface area contributed by atoms with Crippen molar-refractivity contribution in [2.24, 2.45) is 0 Å². The molecule has 0 spiro atoms. The molecule has 0 saturated carbocycles. The average molecular weight is 269 g/mol. The molecule has 1 aromatic rings. The third-order valence-electron chi connectivity index (χ3n) is 2.23. The normalized spacial score (nSPS) is 12.6. The molecule has 6 nitrogen and oxygen atoms in total. The van der Waals surface area contributed by atoms with Crippen molar-refractivity contribution in [1.82, 2.24) is 5.32 Å². The minimum atomic E-state index is -0.601. The molecule has 1 heterocycles. The molecule has 1 amide bonds. The lowest BCUT2D eigenvalue weighted by molar-refractivity contribution is -0.141. The first-order chi connectivity index (χ1) is 8.81. The van der Waals surface area contributed by atoms with Gasteiger partial charge in [-0.3, -0.25) is 4.79 Å². The summed E-state index contributed by atoms with van der Waals surface area (Å²) < 4.78 is 14.7. The zero-order chi connectivity index (χ0) is 14.5. The Bertz CT molecular complexity index is 419. The highest BCUT2D eigenvalue weighted by Gasteiger charge is 2.23. The van der Waals surface area contributed by atoms with Crippen LogP contribution in [0.25, 0.3) is 0 Å². The van der Waals surface area contributed by atoms with Crippen molar-refractivity contribution >= 4 is 12.1 Å². The summed E-state index contributed by atoms with van der Waals surface area (Å²) in [6, 6.07) is 1.13. The summed E-state index contributed by atoms with van der Waals surface area (Å²) in [5, 5.41) is 2.62. The van der Waals surface area contributed by atoms with Gasteiger partial charge in [0.2, 0.25) is 0 Å². The Morgan fingerprint density at radius 3 is 2.58 bits per heavy atom. The maximum absolute atomic E-state index is 11.7. The average Bonchev–Trinajstić information content (AvgIpc) is 2.78. The summed E-state index contributed by atoms with van der Waals surface area (Å²) in [6.45, 7) is 5.29. The molecular formula is C13H19NO5. The van der Waals surface area contributed by atoms with Gasteiger partial charge < -0.3 is 19.2 Å². The van der Waals surface area contributed by atoms with Gasteiger partial charge in [0.1, 0.15) is 5.60 Å². The van der Waals surface area contributed by atoms with E-state index in [0.29, 0.717) is 5.56 Å². The summed E-state index contributed by atoms with van der Waals surface area (Å²) in [7, 11) is 1.29. The highest BCUT2D eigenvalue weighted by atomic mass is 16.6. The highest BCUT2D eigenvalue weighted by Crippen LogP contribution is 2.19. The fraction of sp³-hybridized carbons (Fsp3) is 0.538. The van der Waals surface area contributed by atoms with Gasteiger partial charge in [0.05, 0.1) is 32.1 Å². The fourth-order valence-corrected chi connectivity index (χ4v) is 1.43. The van der Waals surface area contributed by atoms with Gasteiger partial charge in [-0.25, -0.2) is 4.79 Å². The van der Waals surface area contributed by atoms with Crippen LogP contribution in [0.15, 0.2) is 23.0 Å². The molecule has 0 bridgehead atoms. The van der Waals surface area contributed by atoms with E-state index in [1.807, 2.05) is 0 Å². The van der Waals surface area contributed by atoms with Gasteiger partial charge >= 0.3 is 12.1 Å². The first-order valence-corrected chi connectivity index (χ1v) is 5.90. The van der Waals surface area contributed by atoms with E-state index in [1.165, 1.54) is 19.6 Å². The zero-order valence-electron chi connectivity index (χ0n) is 11.6. The molecule has 6 heteroatoms. The number of carbonyl (C=O) groups is 2. The predicted octanol–water partition coefficient (Wildman–Crippen LogP) is 2.41. The number of hydrogen-bond donors (Lipinski definition) is 1. The number of methoxy groups -OCH3 is 1. The highest BCUT2D eigenvalue weighted by molar-refractivity contribution is 5.73. The van der Waals surface area contributed by atoms with Crippen LogP contribution in [-0.2, 0) is 14.3 Å². The molecule has 1 aromatic heterocycles. The van der Waals surface area contributed by atoms with E-state index in [1.54, 1.807) is 26.8 Å². The van der Waals surface area contributed by atoms with Gasteiger partial charge in [-0.1, -0.05) is 0 Å². The Kier molecular flexibility index (Phi) is 4.97. The summed E-state index contributed by atoms with van der Waals surface area (Å²) in [5.41, 5.74) is 0.0762. The molecule has 0 aliphatic heterocycles. The quantitative estimate of drug-likeness (QED) is 0.849. The van der Waals surface area contributed by atoms with Crippen molar-refractivity contribution in [2.75, 3.05) is 7.11 Å². The van der Waals surface area contributed by atoms with E-state index in [2.05, 4.69) is 10.1 Å². The van der Waals surface area contributed by atoms with Crippen LogP contribution in [0.5, 0.6) is 0 Å². The molecule has 0 aliphatic carbocycles. The minimum absolute atomic E-state index is 0.00920. The van der Waals surface area contributed by atoms with E-state index in [0.717, 1.165) is 0 Å². The van der Waals surface area contributed by atoms with Crippen LogP contribution in [0.1, 0.15) is 38.8 Å². The van der Waals surface area contributed by atoms with Crippen molar-refractivity contribution in [3.05, 3.63) is 24.2 Å². The number of alkyl carbamates (subject to hydrolysis) is 1. The Morgan fingerprint density at radius 2 is 2.11 bits per heavy atom. The van der Waals surface area contributed by atoms with E-state index >= 15 is 0 Å². The molecule has 106 valence electrons. The molecule has 1 rings (SSSR count). The van der Waals surface area contributed by atoms with Gasteiger partial charge in [0.15, 0.2) is 0 Å². The minimum Gasteiger partial charge on any atom is -0.472 e. The van der Waals surface area contributed by atoms with Gasteiger partial charge in [0, 0.05) is 5.56 Å². The zero-order valence-corrected chi connectivity index (χ0v) is 11.6. The van der Waals surface area contributed by atoms with Crippen molar-refractivity contribution in [2.45, 2.75) is 38.8 Å². The molecule has 1 atom stereocenters. The molecule has 19 heavy (non-hydrogen) atoms. The Labute approximate surface area is 112 Å².